The highest BCUT2D eigenvalue weighted by Crippen LogP contribution is 2.32. The molecule has 0 fully saturated rings. The third kappa shape index (κ3) is 5.70. The molecule has 1 amide bonds. The predicted octanol–water partition coefficient (Wildman–Crippen LogP) is 3.42. The number of amides is 1. The molecule has 3 aromatic rings. The van der Waals surface area contributed by atoms with Gasteiger partial charge in [-0.2, -0.15) is 0 Å². The van der Waals surface area contributed by atoms with Crippen molar-refractivity contribution in [3.8, 4) is 0 Å². The van der Waals surface area contributed by atoms with E-state index in [0.29, 0.717) is 11.8 Å². The zero-order valence-electron chi connectivity index (χ0n) is 18.2. The number of hydrogen-bond acceptors (Lipinski definition) is 9. The molecule has 2 aromatic carbocycles. The van der Waals surface area contributed by atoms with Crippen LogP contribution in [0.5, 0.6) is 0 Å². The molecular formula is C23H17N3O7S3. The number of Topliss-reactive ketones (excluding diaryl/α,β-unsaturated/α-hetero) is 1. The summed E-state index contributed by atoms with van der Waals surface area (Å²) in [5.74, 6) is -2.89. The summed E-state index contributed by atoms with van der Waals surface area (Å²) >= 11 is 1.75. The van der Waals surface area contributed by atoms with Crippen LogP contribution >= 0.6 is 23.1 Å². The summed E-state index contributed by atoms with van der Waals surface area (Å²) in [6.45, 7) is 0. The molecule has 4 rings (SSSR count). The Balaban J connectivity index is 1.40. The zero-order chi connectivity index (χ0) is 25.9. The van der Waals surface area contributed by atoms with Crippen LogP contribution in [-0.2, 0) is 19.6 Å². The maximum absolute atomic E-state index is 12.7. The van der Waals surface area contributed by atoms with Crippen LogP contribution in [0.15, 0.2) is 76.0 Å². The van der Waals surface area contributed by atoms with Crippen LogP contribution in [0.3, 0.4) is 0 Å². The van der Waals surface area contributed by atoms with Crippen LogP contribution in [0.25, 0.3) is 0 Å². The van der Waals surface area contributed by atoms with Crippen LogP contribution in [0.4, 0.5) is 10.8 Å². The lowest BCUT2D eigenvalue weighted by atomic mass is 9.95. The summed E-state index contributed by atoms with van der Waals surface area (Å²) in [6, 6.07) is 11.5. The van der Waals surface area contributed by atoms with E-state index in [1.807, 2.05) is 0 Å². The number of carbonyl (C=O) groups is 4. The second-order valence-corrected chi connectivity index (χ2v) is 11.2. The fourth-order valence-electron chi connectivity index (χ4n) is 3.26. The summed E-state index contributed by atoms with van der Waals surface area (Å²) in [7, 11) is -3.87. The lowest BCUT2D eigenvalue weighted by Gasteiger charge is -2.18. The SMILES string of the molecule is O=C(CC(SC1=CC(=O)c2ccccc2C1=O)C(=O)O)Nc1ccc(S(=O)(=O)Nc2nccs2)cc1. The number of aliphatic carboxylic acids is 1. The summed E-state index contributed by atoms with van der Waals surface area (Å²) in [6.07, 6.45) is 2.05. The number of aromatic nitrogens is 1. The van der Waals surface area contributed by atoms with Gasteiger partial charge in [-0.25, -0.2) is 13.4 Å². The van der Waals surface area contributed by atoms with E-state index >= 15 is 0 Å². The lowest BCUT2D eigenvalue weighted by molar-refractivity contribution is -0.137. The third-order valence-corrected chi connectivity index (χ3v) is 8.32. The van der Waals surface area contributed by atoms with E-state index < -0.39 is 45.1 Å². The molecule has 13 heteroatoms. The number of hydrogen-bond donors (Lipinski definition) is 3. The molecule has 1 unspecified atom stereocenters. The number of nitrogens with zero attached hydrogens (tertiary/aromatic N) is 1. The maximum Gasteiger partial charge on any atom is 0.317 e. The molecule has 3 N–H and O–H groups in total. The van der Waals surface area contributed by atoms with Gasteiger partial charge in [-0.3, -0.25) is 23.9 Å². The van der Waals surface area contributed by atoms with Gasteiger partial charge in [-0.1, -0.05) is 24.3 Å². The quantitative estimate of drug-likeness (QED) is 0.367. The molecule has 0 saturated heterocycles. The highest BCUT2D eigenvalue weighted by atomic mass is 32.2. The van der Waals surface area contributed by atoms with Crippen LogP contribution in [-0.4, -0.2) is 47.2 Å². The molecule has 184 valence electrons. The van der Waals surface area contributed by atoms with Crippen molar-refractivity contribution in [2.24, 2.45) is 0 Å². The highest BCUT2D eigenvalue weighted by molar-refractivity contribution is 8.05. The monoisotopic (exact) mass is 543 g/mol. The van der Waals surface area contributed by atoms with Gasteiger partial charge in [0, 0.05) is 40.9 Å². The molecule has 1 atom stereocenters. The second kappa shape index (κ2) is 10.4. The summed E-state index contributed by atoms with van der Waals surface area (Å²) in [5.41, 5.74) is 0.670. The Morgan fingerprint density at radius 3 is 2.39 bits per heavy atom. The first-order valence-electron chi connectivity index (χ1n) is 10.3. The topological polar surface area (TPSA) is 160 Å². The predicted molar refractivity (Wildman–Crippen MR) is 135 cm³/mol. The molecular weight excluding hydrogens is 526 g/mol. The van der Waals surface area contributed by atoms with Gasteiger partial charge < -0.3 is 10.4 Å². The molecule has 1 aromatic heterocycles. The van der Waals surface area contributed by atoms with Gasteiger partial charge in [0.1, 0.15) is 5.25 Å². The van der Waals surface area contributed by atoms with E-state index in [0.717, 1.165) is 17.4 Å². The number of allylic oxidation sites excluding steroid dienone is 2. The van der Waals surface area contributed by atoms with Crippen molar-refractivity contribution in [3.05, 3.63) is 82.2 Å². The molecule has 10 nitrogen and oxygen atoms in total. The zero-order valence-corrected chi connectivity index (χ0v) is 20.7. The van der Waals surface area contributed by atoms with Crippen molar-refractivity contribution in [3.63, 3.8) is 0 Å². The van der Waals surface area contributed by atoms with E-state index in [1.54, 1.807) is 17.5 Å². The van der Waals surface area contributed by atoms with Gasteiger partial charge in [0.05, 0.1) is 9.80 Å². The molecule has 0 saturated carbocycles. The average molecular weight is 544 g/mol. The highest BCUT2D eigenvalue weighted by Gasteiger charge is 2.31. The van der Waals surface area contributed by atoms with Gasteiger partial charge in [0.25, 0.3) is 10.0 Å². The number of sulfonamides is 1. The molecule has 1 heterocycles. The molecule has 0 bridgehead atoms. The van der Waals surface area contributed by atoms with E-state index in [4.69, 9.17) is 0 Å². The number of anilines is 2. The number of thioether (sulfide) groups is 1. The second-order valence-electron chi connectivity index (χ2n) is 7.41. The Morgan fingerprint density at radius 2 is 1.75 bits per heavy atom. The van der Waals surface area contributed by atoms with Crippen molar-refractivity contribution in [1.82, 2.24) is 4.98 Å². The Labute approximate surface area is 213 Å². The summed E-state index contributed by atoms with van der Waals surface area (Å²) < 4.78 is 27.2. The van der Waals surface area contributed by atoms with E-state index in [1.165, 1.54) is 42.6 Å². The van der Waals surface area contributed by atoms with E-state index in [9.17, 15) is 32.7 Å². The van der Waals surface area contributed by atoms with Gasteiger partial charge >= 0.3 is 5.97 Å². The third-order valence-electron chi connectivity index (χ3n) is 4.94. The summed E-state index contributed by atoms with van der Waals surface area (Å²) in [4.78, 5) is 53.1. The normalized spacial score (nSPS) is 13.9. The Hall–Kier alpha value is -3.81. The molecule has 1 aliphatic carbocycles. The van der Waals surface area contributed by atoms with Gasteiger partial charge in [-0.15, -0.1) is 23.1 Å². The molecule has 0 spiro atoms. The Kier molecular flexibility index (Phi) is 7.33. The van der Waals surface area contributed by atoms with Crippen molar-refractivity contribution in [2.45, 2.75) is 16.6 Å². The first-order valence-corrected chi connectivity index (χ1v) is 13.5. The summed E-state index contributed by atoms with van der Waals surface area (Å²) in [5, 5.41) is 12.6. The number of thiazole rings is 1. The number of nitrogens with one attached hydrogen (secondary N) is 2. The van der Waals surface area contributed by atoms with Crippen molar-refractivity contribution in [1.29, 1.82) is 0 Å². The fourth-order valence-corrected chi connectivity index (χ4v) is 6.08. The van der Waals surface area contributed by atoms with E-state index in [-0.39, 0.29) is 31.7 Å². The number of carboxylic acid groups (broad SMARTS) is 1. The standard InChI is InChI=1S/C23H17N3O7S3/c27-17-11-18(21(29)16-4-2-1-3-15(16)17)35-19(22(30)31)12-20(28)25-13-5-7-14(8-6-13)36(32,33)26-23-24-9-10-34-23/h1-11,19H,12H2,(H,24,26)(H,25,28)(H,30,31). The minimum atomic E-state index is -3.87. The first kappa shape index (κ1) is 25.3. The number of carbonyl (C=O) groups excluding carboxylic acids is 3. The molecule has 1 aliphatic rings. The smallest absolute Gasteiger partial charge is 0.317 e. The molecule has 0 radical (unpaired) electrons. The minimum Gasteiger partial charge on any atom is -0.480 e. The Bertz CT molecular complexity index is 1480. The average Bonchev–Trinajstić information content (AvgIpc) is 3.34. The molecule has 0 aliphatic heterocycles. The lowest BCUT2D eigenvalue weighted by Crippen LogP contribution is -2.26. The number of carboxylic acids is 1. The van der Waals surface area contributed by atoms with Crippen LogP contribution in [0.1, 0.15) is 27.1 Å². The van der Waals surface area contributed by atoms with Gasteiger partial charge in [0.15, 0.2) is 16.7 Å². The first-order chi connectivity index (χ1) is 17.1. The number of fused-ring (bicyclic) bond motifs is 1. The number of benzene rings is 2. The van der Waals surface area contributed by atoms with Crippen molar-refractivity contribution < 1.29 is 32.7 Å². The van der Waals surface area contributed by atoms with Gasteiger partial charge in [-0.05, 0) is 24.3 Å². The Morgan fingerprint density at radius 1 is 1.06 bits per heavy atom. The molecule has 36 heavy (non-hydrogen) atoms. The fraction of sp³-hybridized carbons (Fsp3) is 0.0870. The van der Waals surface area contributed by atoms with E-state index in [2.05, 4.69) is 15.0 Å². The number of rotatable bonds is 9. The maximum atomic E-state index is 12.7. The van der Waals surface area contributed by atoms with Crippen LogP contribution < -0.4 is 10.0 Å². The number of ketones is 2. The van der Waals surface area contributed by atoms with Crippen molar-refractivity contribution in [2.75, 3.05) is 10.0 Å². The minimum absolute atomic E-state index is 0.0534. The largest absolute Gasteiger partial charge is 0.480 e. The van der Waals surface area contributed by atoms with Crippen LogP contribution in [0, 0.1) is 0 Å². The van der Waals surface area contributed by atoms with Gasteiger partial charge in [0.2, 0.25) is 5.91 Å². The van der Waals surface area contributed by atoms with Crippen molar-refractivity contribution >= 4 is 67.4 Å². The van der Waals surface area contributed by atoms with Crippen LogP contribution in [0.2, 0.25) is 0 Å².